The van der Waals surface area contributed by atoms with E-state index >= 15 is 8.78 Å². The zero-order valence-electron chi connectivity index (χ0n) is 21.7. The zero-order valence-corrected chi connectivity index (χ0v) is 21.7. The normalized spacial score (nSPS) is 14.6. The molecule has 0 spiro atoms. The second-order valence-corrected chi connectivity index (χ2v) is 9.02. The van der Waals surface area contributed by atoms with Crippen molar-refractivity contribution in [2.75, 3.05) is 33.0 Å². The highest BCUT2D eigenvalue weighted by Gasteiger charge is 2.30. The first-order chi connectivity index (χ1) is 19.3. The number of aromatic nitrogens is 3. The Hall–Kier alpha value is -4.98. The number of benzene rings is 2. The van der Waals surface area contributed by atoms with Gasteiger partial charge in [-0.3, -0.25) is 9.48 Å². The Labute approximate surface area is 227 Å². The number of fused-ring (bicyclic) bond motifs is 1. The fraction of sp³-hybridized carbons (Fsp3) is 0.207. The molecular weight excluding hydrogens is 523 g/mol. The van der Waals surface area contributed by atoms with E-state index < -0.39 is 23.0 Å². The third-order valence-electron chi connectivity index (χ3n) is 6.79. The van der Waals surface area contributed by atoms with Gasteiger partial charge in [-0.25, -0.2) is 18.2 Å². The van der Waals surface area contributed by atoms with Crippen molar-refractivity contribution in [3.63, 3.8) is 0 Å². The highest BCUT2D eigenvalue weighted by Crippen LogP contribution is 2.37. The zero-order chi connectivity index (χ0) is 28.6. The topological polar surface area (TPSA) is 95.5 Å². The van der Waals surface area contributed by atoms with E-state index in [9.17, 15) is 9.18 Å². The highest BCUT2D eigenvalue weighted by molar-refractivity contribution is 6.02. The maximum Gasteiger partial charge on any atom is 0.246 e. The molecular formula is C29H24F3N5O3. The Morgan fingerprint density at radius 3 is 2.48 bits per heavy atom. The van der Waals surface area contributed by atoms with Gasteiger partial charge in [0.2, 0.25) is 5.91 Å². The summed E-state index contributed by atoms with van der Waals surface area (Å²) in [7, 11) is 2.47. The molecule has 1 amide bonds. The Kier molecular flexibility index (Phi) is 7.09. The quantitative estimate of drug-likeness (QED) is 0.293. The number of rotatable bonds is 5. The fourth-order valence-corrected chi connectivity index (χ4v) is 4.81. The molecule has 1 unspecified atom stereocenters. The molecule has 5 rings (SSSR count). The van der Waals surface area contributed by atoms with Crippen LogP contribution in [0.5, 0.6) is 11.5 Å². The first-order valence-corrected chi connectivity index (χ1v) is 12.2. The van der Waals surface area contributed by atoms with Crippen molar-refractivity contribution >= 4 is 22.6 Å². The van der Waals surface area contributed by atoms with Crippen LogP contribution in [0.1, 0.15) is 23.7 Å². The summed E-state index contributed by atoms with van der Waals surface area (Å²) in [5.41, 5.74) is 6.86. The van der Waals surface area contributed by atoms with Crippen LogP contribution in [0.3, 0.4) is 0 Å². The van der Waals surface area contributed by atoms with Crippen LogP contribution in [0.15, 0.2) is 49.2 Å². The molecule has 11 heteroatoms. The van der Waals surface area contributed by atoms with Crippen LogP contribution in [0.25, 0.3) is 22.0 Å². The lowest BCUT2D eigenvalue weighted by molar-refractivity contribution is -0.125. The first-order valence-electron chi connectivity index (χ1n) is 12.2. The molecule has 204 valence electrons. The van der Waals surface area contributed by atoms with Gasteiger partial charge in [0.05, 0.1) is 31.2 Å². The number of anilines is 1. The van der Waals surface area contributed by atoms with Crippen LogP contribution in [-0.2, 0) is 4.79 Å². The number of nitrogens with two attached hydrogens (primary N) is 1. The van der Waals surface area contributed by atoms with Gasteiger partial charge >= 0.3 is 0 Å². The lowest BCUT2D eigenvalue weighted by Crippen LogP contribution is -2.27. The number of amides is 1. The maximum absolute atomic E-state index is 15.0. The summed E-state index contributed by atoms with van der Waals surface area (Å²) in [5, 5.41) is 4.95. The molecule has 8 nitrogen and oxygen atoms in total. The number of pyridine rings is 1. The van der Waals surface area contributed by atoms with E-state index in [2.05, 4.69) is 28.5 Å². The summed E-state index contributed by atoms with van der Waals surface area (Å²) in [5.74, 6) is 2.04. The van der Waals surface area contributed by atoms with E-state index in [1.54, 1.807) is 27.8 Å². The van der Waals surface area contributed by atoms with Crippen molar-refractivity contribution in [2.24, 2.45) is 0 Å². The van der Waals surface area contributed by atoms with Gasteiger partial charge in [0.15, 0.2) is 23.1 Å². The highest BCUT2D eigenvalue weighted by atomic mass is 19.1. The summed E-state index contributed by atoms with van der Waals surface area (Å²) in [4.78, 5) is 18.1. The molecule has 2 N–H and O–H groups in total. The Morgan fingerprint density at radius 2 is 1.82 bits per heavy atom. The van der Waals surface area contributed by atoms with Crippen LogP contribution >= 0.6 is 0 Å². The molecule has 4 aromatic rings. The number of carbonyl (C=O) groups excluding carboxylic acids is 1. The van der Waals surface area contributed by atoms with Gasteiger partial charge in [0.25, 0.3) is 0 Å². The standard InChI is InChI=1S/C29H24F3N5O3/c1-4-24(38)36-12-11-16(15-36)37-28-19(17-7-5-6-8-20(17)30)14-34-29(33)25(28)21(35-37)10-9-18-26(31)22(39-2)13-23(40-3)27(18)32/h4-8,13-14,16H,1,11-12,15H2,2-3H3,(H2,33,34). The molecule has 0 saturated carbocycles. The molecule has 40 heavy (non-hydrogen) atoms. The molecule has 1 fully saturated rings. The summed E-state index contributed by atoms with van der Waals surface area (Å²) < 4.78 is 56.6. The number of hydrogen-bond acceptors (Lipinski definition) is 6. The Balaban J connectivity index is 1.75. The SMILES string of the molecule is C=CC(=O)N1CCC(n2nc(C#Cc3c(F)c(OC)cc(OC)c3F)c3c(N)ncc(-c4ccccc4F)c32)C1. The minimum atomic E-state index is -1.01. The smallest absolute Gasteiger partial charge is 0.246 e. The predicted octanol–water partition coefficient (Wildman–Crippen LogP) is 4.47. The summed E-state index contributed by atoms with van der Waals surface area (Å²) in [6.07, 6.45) is 3.22. The molecule has 0 aliphatic carbocycles. The minimum Gasteiger partial charge on any atom is -0.493 e. The average molecular weight is 548 g/mol. The van der Waals surface area contributed by atoms with E-state index in [4.69, 9.17) is 15.2 Å². The summed E-state index contributed by atoms with van der Waals surface area (Å²) in [6, 6.07) is 6.93. The molecule has 2 aromatic carbocycles. The number of hydrogen-bond donors (Lipinski definition) is 1. The van der Waals surface area contributed by atoms with Crippen molar-refractivity contribution in [3.05, 3.63) is 77.9 Å². The second-order valence-electron chi connectivity index (χ2n) is 9.02. The largest absolute Gasteiger partial charge is 0.493 e. The van der Waals surface area contributed by atoms with Crippen LogP contribution in [0.2, 0.25) is 0 Å². The van der Waals surface area contributed by atoms with Gasteiger partial charge in [0.1, 0.15) is 22.9 Å². The molecule has 1 atom stereocenters. The van der Waals surface area contributed by atoms with Crippen molar-refractivity contribution in [2.45, 2.75) is 12.5 Å². The second kappa shape index (κ2) is 10.6. The molecule has 2 aromatic heterocycles. The maximum atomic E-state index is 15.0. The molecule has 1 aliphatic heterocycles. The van der Waals surface area contributed by atoms with Crippen molar-refractivity contribution in [1.82, 2.24) is 19.7 Å². The predicted molar refractivity (Wildman–Crippen MR) is 143 cm³/mol. The number of likely N-dealkylation sites (tertiary alicyclic amines) is 1. The number of methoxy groups -OCH3 is 2. The molecule has 3 heterocycles. The average Bonchev–Trinajstić information content (AvgIpc) is 3.60. The van der Waals surface area contributed by atoms with Crippen LogP contribution in [-0.4, -0.2) is 52.9 Å². The van der Waals surface area contributed by atoms with Crippen LogP contribution < -0.4 is 15.2 Å². The molecule has 0 bridgehead atoms. The van der Waals surface area contributed by atoms with E-state index in [1.807, 2.05) is 0 Å². The first kappa shape index (κ1) is 26.6. The third kappa shape index (κ3) is 4.47. The lowest BCUT2D eigenvalue weighted by atomic mass is 10.0. The Bertz CT molecular complexity index is 1700. The van der Waals surface area contributed by atoms with Gasteiger partial charge in [-0.15, -0.1) is 0 Å². The summed E-state index contributed by atoms with van der Waals surface area (Å²) in [6.45, 7) is 4.31. The van der Waals surface area contributed by atoms with E-state index in [1.165, 1.54) is 32.6 Å². The number of nitrogens with zero attached hydrogens (tertiary/aromatic N) is 4. The van der Waals surface area contributed by atoms with Crippen LogP contribution in [0.4, 0.5) is 19.0 Å². The number of halogens is 3. The van der Waals surface area contributed by atoms with Crippen molar-refractivity contribution < 1.29 is 27.4 Å². The number of carbonyl (C=O) groups is 1. The molecule has 1 aliphatic rings. The van der Waals surface area contributed by atoms with E-state index in [0.29, 0.717) is 30.6 Å². The lowest BCUT2D eigenvalue weighted by Gasteiger charge is -2.16. The van der Waals surface area contributed by atoms with E-state index in [0.717, 1.165) is 6.07 Å². The monoisotopic (exact) mass is 547 g/mol. The van der Waals surface area contributed by atoms with Crippen LogP contribution in [0, 0.1) is 29.3 Å². The third-order valence-corrected chi connectivity index (χ3v) is 6.79. The van der Waals surface area contributed by atoms with E-state index in [-0.39, 0.29) is 45.9 Å². The minimum absolute atomic E-state index is 0.0480. The van der Waals surface area contributed by atoms with Gasteiger partial charge < -0.3 is 20.1 Å². The van der Waals surface area contributed by atoms with Gasteiger partial charge in [-0.05, 0) is 24.5 Å². The number of ether oxygens (including phenoxy) is 2. The Morgan fingerprint density at radius 1 is 1.12 bits per heavy atom. The number of nitrogen functional groups attached to an aromatic ring is 1. The fourth-order valence-electron chi connectivity index (χ4n) is 4.81. The summed E-state index contributed by atoms with van der Waals surface area (Å²) >= 11 is 0. The van der Waals surface area contributed by atoms with Gasteiger partial charge in [0, 0.05) is 36.5 Å². The van der Waals surface area contributed by atoms with Crippen molar-refractivity contribution in [1.29, 1.82) is 0 Å². The van der Waals surface area contributed by atoms with Gasteiger partial charge in [-0.2, -0.15) is 5.10 Å². The van der Waals surface area contributed by atoms with Gasteiger partial charge in [-0.1, -0.05) is 30.7 Å². The van der Waals surface area contributed by atoms with Crippen molar-refractivity contribution in [3.8, 4) is 34.5 Å². The molecule has 1 saturated heterocycles. The molecule has 0 radical (unpaired) electrons.